The Morgan fingerprint density at radius 1 is 0.920 bits per heavy atom. The maximum atomic E-state index is 12.3. The van der Waals surface area contributed by atoms with Gasteiger partial charge in [-0.2, -0.15) is 5.10 Å². The number of carbonyl (C=O) groups excluding carboxylic acids is 1. The third kappa shape index (κ3) is 8.57. The Labute approximate surface area is 157 Å². The summed E-state index contributed by atoms with van der Waals surface area (Å²) >= 11 is 1.58. The molecular weight excluding hydrogens is 328 g/mol. The summed E-state index contributed by atoms with van der Waals surface area (Å²) in [5.41, 5.74) is 3.98. The molecule has 1 N–H and O–H groups in total. The molecule has 2 rings (SSSR count). The number of hydrazone groups is 1. The van der Waals surface area contributed by atoms with Crippen LogP contribution in [0.5, 0.6) is 0 Å². The molecule has 1 aromatic carbocycles. The van der Waals surface area contributed by atoms with Crippen molar-refractivity contribution in [3.8, 4) is 0 Å². The second-order valence-electron chi connectivity index (χ2n) is 6.91. The normalized spacial score (nSPS) is 18.5. The molecule has 1 aromatic rings. The number of rotatable bonds is 4. The summed E-state index contributed by atoms with van der Waals surface area (Å²) in [7, 11) is 0. The summed E-state index contributed by atoms with van der Waals surface area (Å²) in [5, 5.41) is 4.34. The molecule has 4 heteroatoms. The Morgan fingerprint density at radius 3 is 2.00 bits per heavy atom. The number of amides is 1. The first-order valence-electron chi connectivity index (χ1n) is 9.82. The molecule has 0 heterocycles. The van der Waals surface area contributed by atoms with E-state index >= 15 is 0 Å². The lowest BCUT2D eigenvalue weighted by Crippen LogP contribution is -2.28. The average molecular weight is 361 g/mol. The van der Waals surface area contributed by atoms with E-state index in [4.69, 9.17) is 0 Å². The fraction of sp³-hybridized carbons (Fsp3) is 0.619. The molecule has 1 aliphatic rings. The first-order valence-corrected chi connectivity index (χ1v) is 10.7. The number of benzene rings is 1. The van der Waals surface area contributed by atoms with Gasteiger partial charge in [0.05, 0.1) is 5.25 Å². The van der Waals surface area contributed by atoms with Crippen molar-refractivity contribution >= 4 is 23.4 Å². The second-order valence-corrected chi connectivity index (χ2v) is 8.32. The fourth-order valence-corrected chi connectivity index (χ4v) is 4.00. The van der Waals surface area contributed by atoms with Crippen LogP contribution < -0.4 is 5.43 Å². The highest BCUT2D eigenvalue weighted by Gasteiger charge is 2.14. The van der Waals surface area contributed by atoms with Gasteiger partial charge in [0.25, 0.3) is 5.91 Å². The van der Waals surface area contributed by atoms with Gasteiger partial charge in [-0.15, -0.1) is 11.8 Å². The van der Waals surface area contributed by atoms with Gasteiger partial charge in [-0.05, 0) is 44.7 Å². The lowest BCUT2D eigenvalue weighted by atomic mass is 10.00. The lowest BCUT2D eigenvalue weighted by molar-refractivity contribution is -0.120. The minimum absolute atomic E-state index is 0.00697. The molecule has 1 saturated carbocycles. The van der Waals surface area contributed by atoms with E-state index in [2.05, 4.69) is 10.5 Å². The summed E-state index contributed by atoms with van der Waals surface area (Å²) in [6.45, 7) is 1.94. The molecule has 1 aliphatic carbocycles. The van der Waals surface area contributed by atoms with Crippen molar-refractivity contribution in [3.05, 3.63) is 30.3 Å². The Morgan fingerprint density at radius 2 is 1.44 bits per heavy atom. The number of carbonyl (C=O) groups is 1. The standard InChI is InChI=1S/C21H32N2OS/c1-18(25-20-16-12-9-13-17-20)21(24)23-22-19-14-10-7-5-3-2-4-6-8-11-15-19/h9,12-13,16-18H,2-8,10-11,14-15H2,1H3,(H,23,24)/t18-/m0/s1. The zero-order valence-corrected chi connectivity index (χ0v) is 16.3. The predicted octanol–water partition coefficient (Wildman–Crippen LogP) is 5.94. The van der Waals surface area contributed by atoms with E-state index in [0.29, 0.717) is 0 Å². The molecule has 1 fully saturated rings. The molecule has 0 radical (unpaired) electrons. The number of nitrogens with zero attached hydrogens (tertiary/aromatic N) is 1. The first kappa shape index (κ1) is 20.0. The third-order valence-corrected chi connectivity index (χ3v) is 5.79. The van der Waals surface area contributed by atoms with Crippen molar-refractivity contribution in [2.45, 2.75) is 87.7 Å². The van der Waals surface area contributed by atoms with Gasteiger partial charge >= 0.3 is 0 Å². The number of nitrogens with one attached hydrogen (secondary N) is 1. The van der Waals surface area contributed by atoms with E-state index in [9.17, 15) is 4.79 Å². The fourth-order valence-electron chi connectivity index (χ4n) is 3.11. The first-order chi connectivity index (χ1) is 12.3. The van der Waals surface area contributed by atoms with Crippen LogP contribution in [-0.2, 0) is 4.79 Å². The Balaban J connectivity index is 1.82. The van der Waals surface area contributed by atoms with Gasteiger partial charge in [0.2, 0.25) is 0 Å². The molecular formula is C21H32N2OS. The third-order valence-electron chi connectivity index (χ3n) is 4.68. The van der Waals surface area contributed by atoms with Crippen LogP contribution in [0.2, 0.25) is 0 Å². The molecule has 1 atom stereocenters. The van der Waals surface area contributed by atoms with Crippen molar-refractivity contribution in [2.75, 3.05) is 0 Å². The van der Waals surface area contributed by atoms with E-state index in [-0.39, 0.29) is 11.2 Å². The Bertz CT molecular complexity index is 516. The zero-order chi connectivity index (χ0) is 17.7. The summed E-state index contributed by atoms with van der Waals surface area (Å²) < 4.78 is 0. The van der Waals surface area contributed by atoms with Gasteiger partial charge in [0.1, 0.15) is 0 Å². The molecule has 0 unspecified atom stereocenters. The molecule has 0 aliphatic heterocycles. The van der Waals surface area contributed by atoms with Crippen LogP contribution >= 0.6 is 11.8 Å². The molecule has 0 spiro atoms. The van der Waals surface area contributed by atoms with Crippen molar-refractivity contribution in [2.24, 2.45) is 5.10 Å². The quantitative estimate of drug-likeness (QED) is 0.533. The molecule has 25 heavy (non-hydrogen) atoms. The minimum Gasteiger partial charge on any atom is -0.272 e. The van der Waals surface area contributed by atoms with Crippen molar-refractivity contribution in [1.82, 2.24) is 5.43 Å². The van der Waals surface area contributed by atoms with Gasteiger partial charge in [-0.25, -0.2) is 5.43 Å². The molecule has 138 valence electrons. The van der Waals surface area contributed by atoms with Gasteiger partial charge in [-0.1, -0.05) is 63.1 Å². The smallest absolute Gasteiger partial charge is 0.253 e. The maximum Gasteiger partial charge on any atom is 0.253 e. The predicted molar refractivity (Wildman–Crippen MR) is 108 cm³/mol. The van der Waals surface area contributed by atoms with Crippen LogP contribution in [0.15, 0.2) is 40.3 Å². The summed E-state index contributed by atoms with van der Waals surface area (Å²) in [5.74, 6) is -0.00697. The van der Waals surface area contributed by atoms with Crippen molar-refractivity contribution in [1.29, 1.82) is 0 Å². The van der Waals surface area contributed by atoms with E-state index in [1.807, 2.05) is 37.3 Å². The van der Waals surface area contributed by atoms with Crippen molar-refractivity contribution < 1.29 is 4.79 Å². The summed E-state index contributed by atoms with van der Waals surface area (Å²) in [6, 6.07) is 10.1. The van der Waals surface area contributed by atoms with E-state index in [1.165, 1.54) is 63.5 Å². The van der Waals surface area contributed by atoms with Crippen LogP contribution in [0.25, 0.3) is 0 Å². The highest BCUT2D eigenvalue weighted by Crippen LogP contribution is 2.22. The van der Waals surface area contributed by atoms with Gasteiger partial charge in [0.15, 0.2) is 0 Å². The largest absolute Gasteiger partial charge is 0.272 e. The average Bonchev–Trinajstić information content (AvgIpc) is 2.62. The Hall–Kier alpha value is -1.29. The highest BCUT2D eigenvalue weighted by atomic mass is 32.2. The van der Waals surface area contributed by atoms with E-state index in [0.717, 1.165) is 17.7 Å². The maximum absolute atomic E-state index is 12.3. The van der Waals surface area contributed by atoms with Crippen LogP contribution in [0, 0.1) is 0 Å². The number of thioether (sulfide) groups is 1. The molecule has 1 amide bonds. The molecule has 3 nitrogen and oxygen atoms in total. The van der Waals surface area contributed by atoms with Gasteiger partial charge < -0.3 is 0 Å². The zero-order valence-electron chi connectivity index (χ0n) is 15.5. The number of hydrogen-bond donors (Lipinski definition) is 1. The molecule has 0 aromatic heterocycles. The highest BCUT2D eigenvalue weighted by molar-refractivity contribution is 8.00. The summed E-state index contributed by atoms with van der Waals surface area (Å²) in [6.07, 6.45) is 13.8. The second kappa shape index (κ2) is 12.1. The monoisotopic (exact) mass is 360 g/mol. The lowest BCUT2D eigenvalue weighted by Gasteiger charge is -2.12. The summed E-state index contributed by atoms with van der Waals surface area (Å²) in [4.78, 5) is 13.4. The Kier molecular flexibility index (Phi) is 9.71. The minimum atomic E-state index is -0.141. The molecule has 0 saturated heterocycles. The topological polar surface area (TPSA) is 41.5 Å². The van der Waals surface area contributed by atoms with Crippen LogP contribution in [0.4, 0.5) is 0 Å². The van der Waals surface area contributed by atoms with E-state index < -0.39 is 0 Å². The van der Waals surface area contributed by atoms with Crippen molar-refractivity contribution in [3.63, 3.8) is 0 Å². The van der Waals surface area contributed by atoms with Crippen LogP contribution in [0.1, 0.15) is 77.6 Å². The molecule has 0 bridgehead atoms. The van der Waals surface area contributed by atoms with Crippen LogP contribution in [0.3, 0.4) is 0 Å². The van der Waals surface area contributed by atoms with Gasteiger partial charge in [0, 0.05) is 10.6 Å². The SMILES string of the molecule is C[C@H](Sc1ccccc1)C(=O)NN=C1CCCCCCCCCCC1. The number of hydrogen-bond acceptors (Lipinski definition) is 3. The van der Waals surface area contributed by atoms with Crippen LogP contribution in [-0.4, -0.2) is 16.9 Å². The van der Waals surface area contributed by atoms with Gasteiger partial charge in [-0.3, -0.25) is 4.79 Å². The van der Waals surface area contributed by atoms with E-state index in [1.54, 1.807) is 11.8 Å².